The first kappa shape index (κ1) is 16.7. The van der Waals surface area contributed by atoms with Gasteiger partial charge in [0.25, 0.3) is 0 Å². The van der Waals surface area contributed by atoms with Crippen LogP contribution in [0, 0.1) is 5.41 Å². The third-order valence-corrected chi connectivity index (χ3v) is 3.74. The lowest BCUT2D eigenvalue weighted by Gasteiger charge is -2.29. The number of aryl methyl sites for hydroxylation is 2. The van der Waals surface area contributed by atoms with Gasteiger partial charge in [-0.1, -0.05) is 20.3 Å². The summed E-state index contributed by atoms with van der Waals surface area (Å²) >= 11 is 0. The Morgan fingerprint density at radius 3 is 2.60 bits per heavy atom. The van der Waals surface area contributed by atoms with Crippen molar-refractivity contribution in [3.63, 3.8) is 0 Å². The van der Waals surface area contributed by atoms with Gasteiger partial charge < -0.3 is 10.5 Å². The van der Waals surface area contributed by atoms with E-state index in [-0.39, 0.29) is 5.97 Å². The average molecular weight is 281 g/mol. The summed E-state index contributed by atoms with van der Waals surface area (Å²) in [5.41, 5.74) is 7.37. The zero-order valence-corrected chi connectivity index (χ0v) is 13.1. The Balaban J connectivity index is 3.04. The van der Waals surface area contributed by atoms with Crippen molar-refractivity contribution in [1.29, 1.82) is 0 Å². The fraction of sp³-hybridized carbons (Fsp3) is 0.733. The van der Waals surface area contributed by atoms with Gasteiger partial charge in [0.15, 0.2) is 0 Å². The molecule has 2 N–H and O–H groups in total. The van der Waals surface area contributed by atoms with Gasteiger partial charge in [-0.15, -0.1) is 0 Å². The minimum absolute atomic E-state index is 0.191. The van der Waals surface area contributed by atoms with Crippen molar-refractivity contribution in [1.82, 2.24) is 9.78 Å². The summed E-state index contributed by atoms with van der Waals surface area (Å²) in [5.74, 6) is -0.191. The molecule has 20 heavy (non-hydrogen) atoms. The molecule has 114 valence electrons. The molecule has 1 heterocycles. The van der Waals surface area contributed by atoms with Crippen LogP contribution in [0.2, 0.25) is 0 Å². The van der Waals surface area contributed by atoms with Crippen LogP contribution in [0.15, 0.2) is 6.07 Å². The van der Waals surface area contributed by atoms with Gasteiger partial charge >= 0.3 is 5.97 Å². The molecule has 0 aliphatic heterocycles. The first-order chi connectivity index (χ1) is 9.52. The predicted molar refractivity (Wildman–Crippen MR) is 79.3 cm³/mol. The number of esters is 1. The van der Waals surface area contributed by atoms with Gasteiger partial charge in [-0.05, 0) is 25.8 Å². The summed E-state index contributed by atoms with van der Waals surface area (Å²) in [6.45, 7) is 6.64. The van der Waals surface area contributed by atoms with Crippen LogP contribution < -0.4 is 5.73 Å². The van der Waals surface area contributed by atoms with Crippen molar-refractivity contribution >= 4 is 5.97 Å². The fourth-order valence-electron chi connectivity index (χ4n) is 2.54. The number of hydrogen-bond donors (Lipinski definition) is 1. The van der Waals surface area contributed by atoms with E-state index in [1.807, 2.05) is 18.7 Å². The number of ether oxygens (including phenoxy) is 1. The second-order valence-corrected chi connectivity index (χ2v) is 5.24. The molecular weight excluding hydrogens is 254 g/mol. The summed E-state index contributed by atoms with van der Waals surface area (Å²) in [4.78, 5) is 12.3. The second kappa shape index (κ2) is 7.43. The van der Waals surface area contributed by atoms with Crippen molar-refractivity contribution in [2.45, 2.75) is 46.5 Å². The number of nitrogens with two attached hydrogens (primary N) is 1. The van der Waals surface area contributed by atoms with E-state index in [9.17, 15) is 4.79 Å². The van der Waals surface area contributed by atoms with Gasteiger partial charge in [0.2, 0.25) is 0 Å². The summed E-state index contributed by atoms with van der Waals surface area (Å²) in [5, 5.41) is 4.44. The molecule has 1 aromatic heterocycles. The van der Waals surface area contributed by atoms with E-state index < -0.39 is 5.41 Å². The quantitative estimate of drug-likeness (QED) is 0.738. The number of carbonyl (C=O) groups excluding carboxylic acids is 1. The molecule has 1 atom stereocenters. The van der Waals surface area contributed by atoms with Gasteiger partial charge in [-0.3, -0.25) is 9.48 Å². The Labute approximate surface area is 121 Å². The van der Waals surface area contributed by atoms with Crippen LogP contribution in [0.3, 0.4) is 0 Å². The highest BCUT2D eigenvalue weighted by Gasteiger charge is 2.38. The molecule has 5 heteroatoms. The number of rotatable bonds is 8. The maximum Gasteiger partial charge on any atom is 0.313 e. The highest BCUT2D eigenvalue weighted by Crippen LogP contribution is 2.30. The Hall–Kier alpha value is -1.36. The zero-order valence-electron chi connectivity index (χ0n) is 13.1. The van der Waals surface area contributed by atoms with Crippen LogP contribution in [-0.4, -0.2) is 28.9 Å². The molecule has 1 unspecified atom stereocenters. The molecule has 0 saturated carbocycles. The molecule has 0 bridgehead atoms. The zero-order chi connectivity index (χ0) is 15.2. The normalized spacial score (nSPS) is 14.1. The van der Waals surface area contributed by atoms with Crippen LogP contribution in [0.5, 0.6) is 0 Å². The lowest BCUT2D eigenvalue weighted by atomic mass is 9.79. The molecule has 0 aromatic carbocycles. The molecule has 5 nitrogen and oxygen atoms in total. The summed E-state index contributed by atoms with van der Waals surface area (Å²) in [7, 11) is 1.91. The molecule has 1 aromatic rings. The van der Waals surface area contributed by atoms with Gasteiger partial charge in [-0.25, -0.2) is 0 Å². The topological polar surface area (TPSA) is 70.1 Å². The van der Waals surface area contributed by atoms with Crippen molar-refractivity contribution in [3.05, 3.63) is 17.5 Å². The molecule has 0 fully saturated rings. The van der Waals surface area contributed by atoms with Crippen molar-refractivity contribution in [3.8, 4) is 0 Å². The molecule has 0 aliphatic carbocycles. The SMILES string of the molecule is CCCC(CN)(Cc1cc(CC)nn1C)C(=O)OCC. The number of aromatic nitrogens is 2. The largest absolute Gasteiger partial charge is 0.466 e. The van der Waals surface area contributed by atoms with Gasteiger partial charge in [0.1, 0.15) is 0 Å². The first-order valence-electron chi connectivity index (χ1n) is 7.42. The van der Waals surface area contributed by atoms with E-state index in [0.29, 0.717) is 19.6 Å². The second-order valence-electron chi connectivity index (χ2n) is 5.24. The Morgan fingerprint density at radius 2 is 2.15 bits per heavy atom. The number of carbonyl (C=O) groups is 1. The van der Waals surface area contributed by atoms with Crippen LogP contribution in [0.25, 0.3) is 0 Å². The van der Waals surface area contributed by atoms with Crippen molar-refractivity contribution in [2.75, 3.05) is 13.2 Å². The Bertz CT molecular complexity index is 442. The maximum atomic E-state index is 12.3. The van der Waals surface area contributed by atoms with Gasteiger partial charge in [-0.2, -0.15) is 5.10 Å². The first-order valence-corrected chi connectivity index (χ1v) is 7.42. The van der Waals surface area contributed by atoms with Gasteiger partial charge in [0, 0.05) is 25.7 Å². The van der Waals surface area contributed by atoms with Crippen molar-refractivity contribution in [2.24, 2.45) is 18.2 Å². The van der Waals surface area contributed by atoms with Crippen LogP contribution in [0.4, 0.5) is 0 Å². The molecule has 0 saturated heterocycles. The predicted octanol–water partition coefficient (Wildman–Crippen LogP) is 1.83. The highest BCUT2D eigenvalue weighted by atomic mass is 16.5. The lowest BCUT2D eigenvalue weighted by Crippen LogP contribution is -2.42. The molecule has 0 spiro atoms. The van der Waals surface area contributed by atoms with Crippen LogP contribution in [-0.2, 0) is 29.4 Å². The highest BCUT2D eigenvalue weighted by molar-refractivity contribution is 5.77. The lowest BCUT2D eigenvalue weighted by molar-refractivity contribution is -0.155. The summed E-state index contributed by atoms with van der Waals surface area (Å²) < 4.78 is 7.09. The van der Waals surface area contributed by atoms with E-state index in [1.165, 1.54) is 0 Å². The van der Waals surface area contributed by atoms with E-state index in [2.05, 4.69) is 25.0 Å². The molecular formula is C15H27N3O2. The summed E-state index contributed by atoms with van der Waals surface area (Å²) in [6.07, 6.45) is 3.10. The smallest absolute Gasteiger partial charge is 0.313 e. The fourth-order valence-corrected chi connectivity index (χ4v) is 2.54. The number of hydrogen-bond acceptors (Lipinski definition) is 4. The monoisotopic (exact) mass is 281 g/mol. The van der Waals surface area contributed by atoms with Gasteiger partial charge in [0.05, 0.1) is 17.7 Å². The van der Waals surface area contributed by atoms with E-state index in [0.717, 1.165) is 30.7 Å². The Kier molecular flexibility index (Phi) is 6.20. The molecule has 1 rings (SSSR count). The minimum atomic E-state index is -0.635. The third-order valence-electron chi connectivity index (χ3n) is 3.74. The molecule has 0 amide bonds. The van der Waals surface area contributed by atoms with Crippen LogP contribution in [0.1, 0.15) is 45.0 Å². The van der Waals surface area contributed by atoms with Crippen LogP contribution >= 0.6 is 0 Å². The Morgan fingerprint density at radius 1 is 1.45 bits per heavy atom. The average Bonchev–Trinajstić information content (AvgIpc) is 2.79. The van der Waals surface area contributed by atoms with E-state index in [4.69, 9.17) is 10.5 Å². The van der Waals surface area contributed by atoms with E-state index in [1.54, 1.807) is 0 Å². The minimum Gasteiger partial charge on any atom is -0.466 e. The third kappa shape index (κ3) is 3.60. The molecule has 0 aliphatic rings. The van der Waals surface area contributed by atoms with Crippen molar-refractivity contribution < 1.29 is 9.53 Å². The standard InChI is InChI=1S/C15H27N3O2/c1-5-8-15(11-16,14(19)20-7-3)10-13-9-12(6-2)17-18(13)4/h9H,5-8,10-11,16H2,1-4H3. The van der Waals surface area contributed by atoms with E-state index >= 15 is 0 Å². The number of nitrogens with zero attached hydrogens (tertiary/aromatic N) is 2. The maximum absolute atomic E-state index is 12.3. The summed E-state index contributed by atoms with van der Waals surface area (Å²) in [6, 6.07) is 2.05. The molecule has 0 radical (unpaired) electrons.